The fraction of sp³-hybridized carbons (Fsp3) is 0.0526. The number of sulfonamides is 1. The van der Waals surface area contributed by atoms with E-state index in [4.69, 9.17) is 9.88 Å². The maximum Gasteiger partial charge on any atom is 0.238 e. The predicted molar refractivity (Wildman–Crippen MR) is 95.2 cm³/mol. The molecule has 0 atom stereocenters. The van der Waals surface area contributed by atoms with Gasteiger partial charge in [0, 0.05) is 5.56 Å². The van der Waals surface area contributed by atoms with E-state index in [-0.39, 0.29) is 16.0 Å². The van der Waals surface area contributed by atoms with E-state index in [1.807, 2.05) is 0 Å². The van der Waals surface area contributed by atoms with Gasteiger partial charge in [-0.25, -0.2) is 22.3 Å². The lowest BCUT2D eigenvalue weighted by atomic mass is 9.94. The van der Waals surface area contributed by atoms with Crippen LogP contribution in [0, 0.1) is 11.6 Å². The van der Waals surface area contributed by atoms with Crippen molar-refractivity contribution in [2.45, 2.75) is 4.90 Å². The molecule has 2 N–H and O–H groups in total. The van der Waals surface area contributed by atoms with Crippen LogP contribution in [0.15, 0.2) is 65.6 Å². The number of halogens is 2. The molecule has 3 aromatic carbocycles. The minimum Gasteiger partial charge on any atom is -0.497 e. The molecule has 3 aromatic rings. The molecule has 0 aliphatic carbocycles. The third-order valence-corrected chi connectivity index (χ3v) is 4.89. The van der Waals surface area contributed by atoms with Crippen LogP contribution < -0.4 is 9.88 Å². The van der Waals surface area contributed by atoms with Crippen molar-refractivity contribution < 1.29 is 21.9 Å². The Balaban J connectivity index is 2.35. The fourth-order valence-electron chi connectivity index (χ4n) is 2.74. The number of methoxy groups -OCH3 is 1. The number of hydrogen-bond donors (Lipinski definition) is 1. The van der Waals surface area contributed by atoms with E-state index in [2.05, 4.69) is 0 Å². The van der Waals surface area contributed by atoms with Gasteiger partial charge in [0.25, 0.3) is 0 Å². The van der Waals surface area contributed by atoms with Gasteiger partial charge in [0.2, 0.25) is 10.0 Å². The number of nitrogens with two attached hydrogens (primary N) is 1. The summed E-state index contributed by atoms with van der Waals surface area (Å²) >= 11 is 0. The summed E-state index contributed by atoms with van der Waals surface area (Å²) in [6.07, 6.45) is 0. The molecule has 0 spiro atoms. The zero-order chi connectivity index (χ0) is 18.9. The van der Waals surface area contributed by atoms with E-state index in [1.165, 1.54) is 25.3 Å². The van der Waals surface area contributed by atoms with E-state index < -0.39 is 21.7 Å². The van der Waals surface area contributed by atoms with Crippen molar-refractivity contribution in [2.75, 3.05) is 7.11 Å². The third-order valence-electron chi connectivity index (χ3n) is 3.92. The third kappa shape index (κ3) is 3.44. The lowest BCUT2D eigenvalue weighted by Crippen LogP contribution is -2.13. The molecule has 3 rings (SSSR count). The van der Waals surface area contributed by atoms with Crippen LogP contribution in [-0.2, 0) is 10.0 Å². The quantitative estimate of drug-likeness (QED) is 0.751. The van der Waals surface area contributed by atoms with Crippen molar-refractivity contribution in [1.82, 2.24) is 0 Å². The van der Waals surface area contributed by atoms with Crippen LogP contribution in [0.4, 0.5) is 8.78 Å². The van der Waals surface area contributed by atoms with Crippen LogP contribution in [0.5, 0.6) is 5.75 Å². The standard InChI is InChI=1S/C19H15F2NO3S/c1-25-13-6-4-5-12(9-13)15-10-17(20)18(21)11-16(15)14-7-2-3-8-19(14)26(22,23)24/h2-11H,1H3,(H2,22,23,24). The van der Waals surface area contributed by atoms with Crippen molar-refractivity contribution in [2.24, 2.45) is 5.14 Å². The summed E-state index contributed by atoms with van der Waals surface area (Å²) in [5, 5.41) is 5.28. The molecule has 26 heavy (non-hydrogen) atoms. The zero-order valence-corrected chi connectivity index (χ0v) is 14.6. The van der Waals surface area contributed by atoms with Crippen LogP contribution >= 0.6 is 0 Å². The second-order valence-electron chi connectivity index (χ2n) is 5.59. The number of benzene rings is 3. The number of primary sulfonamides is 1. The van der Waals surface area contributed by atoms with E-state index in [1.54, 1.807) is 30.3 Å². The maximum atomic E-state index is 14.0. The van der Waals surface area contributed by atoms with Gasteiger partial charge in [-0.15, -0.1) is 0 Å². The number of hydrogen-bond acceptors (Lipinski definition) is 3. The average Bonchev–Trinajstić information content (AvgIpc) is 2.63. The topological polar surface area (TPSA) is 69.4 Å². The van der Waals surface area contributed by atoms with E-state index in [0.29, 0.717) is 16.9 Å². The summed E-state index contributed by atoms with van der Waals surface area (Å²) in [5.74, 6) is -1.60. The monoisotopic (exact) mass is 375 g/mol. The molecular formula is C19H15F2NO3S. The van der Waals surface area contributed by atoms with Gasteiger partial charge in [0.15, 0.2) is 11.6 Å². The highest BCUT2D eigenvalue weighted by Gasteiger charge is 2.20. The Bertz CT molecular complexity index is 1080. The van der Waals surface area contributed by atoms with Crippen molar-refractivity contribution in [3.63, 3.8) is 0 Å². The molecule has 0 heterocycles. The zero-order valence-electron chi connectivity index (χ0n) is 13.7. The molecule has 134 valence electrons. The summed E-state index contributed by atoms with van der Waals surface area (Å²) < 4.78 is 56.9. The van der Waals surface area contributed by atoms with Crippen LogP contribution in [0.3, 0.4) is 0 Å². The predicted octanol–water partition coefficient (Wildman–Crippen LogP) is 3.95. The first-order chi connectivity index (χ1) is 12.3. The summed E-state index contributed by atoms with van der Waals surface area (Å²) in [5.41, 5.74) is 1.26. The molecule has 0 saturated heterocycles. The molecule has 0 radical (unpaired) electrons. The first kappa shape index (κ1) is 18.0. The molecule has 0 aliphatic heterocycles. The second kappa shape index (κ2) is 6.86. The van der Waals surface area contributed by atoms with E-state index in [0.717, 1.165) is 12.1 Å². The van der Waals surface area contributed by atoms with Crippen LogP contribution in [-0.4, -0.2) is 15.5 Å². The van der Waals surface area contributed by atoms with E-state index in [9.17, 15) is 17.2 Å². The minimum atomic E-state index is -4.06. The Morgan fingerprint density at radius 1 is 0.846 bits per heavy atom. The van der Waals surface area contributed by atoms with Gasteiger partial charge in [-0.3, -0.25) is 0 Å². The van der Waals surface area contributed by atoms with Crippen LogP contribution in [0.2, 0.25) is 0 Å². The normalized spacial score (nSPS) is 11.4. The SMILES string of the molecule is COc1cccc(-c2cc(F)c(F)cc2-c2ccccc2S(N)(=O)=O)c1. The molecule has 4 nitrogen and oxygen atoms in total. The highest BCUT2D eigenvalue weighted by atomic mass is 32.2. The first-order valence-electron chi connectivity index (χ1n) is 7.57. The molecule has 0 unspecified atom stereocenters. The first-order valence-corrected chi connectivity index (χ1v) is 9.11. The summed E-state index contributed by atoms with van der Waals surface area (Å²) in [6, 6.07) is 14.7. The van der Waals surface area contributed by atoms with Crippen LogP contribution in [0.25, 0.3) is 22.3 Å². The smallest absolute Gasteiger partial charge is 0.238 e. The molecule has 0 fully saturated rings. The lowest BCUT2D eigenvalue weighted by Gasteiger charge is -2.14. The molecule has 0 saturated carbocycles. The average molecular weight is 375 g/mol. The molecule has 0 aliphatic rings. The van der Waals surface area contributed by atoms with Gasteiger partial charge in [0.1, 0.15) is 5.75 Å². The Hall–Kier alpha value is -2.77. The Labute approximate surface area is 149 Å². The number of ether oxygens (including phenoxy) is 1. The minimum absolute atomic E-state index is 0.171. The molecule has 0 bridgehead atoms. The van der Waals surface area contributed by atoms with E-state index >= 15 is 0 Å². The van der Waals surface area contributed by atoms with Crippen molar-refractivity contribution >= 4 is 10.0 Å². The Morgan fingerprint density at radius 3 is 2.15 bits per heavy atom. The largest absolute Gasteiger partial charge is 0.497 e. The molecule has 0 aromatic heterocycles. The maximum absolute atomic E-state index is 14.0. The van der Waals surface area contributed by atoms with Crippen molar-refractivity contribution in [3.05, 3.63) is 72.3 Å². The van der Waals surface area contributed by atoms with Crippen LogP contribution in [0.1, 0.15) is 0 Å². The highest BCUT2D eigenvalue weighted by molar-refractivity contribution is 7.89. The van der Waals surface area contributed by atoms with Gasteiger partial charge < -0.3 is 4.74 Å². The lowest BCUT2D eigenvalue weighted by molar-refractivity contribution is 0.415. The second-order valence-corrected chi connectivity index (χ2v) is 7.11. The molecule has 0 amide bonds. The van der Waals surface area contributed by atoms with Gasteiger partial charge >= 0.3 is 0 Å². The highest BCUT2D eigenvalue weighted by Crippen LogP contribution is 2.37. The van der Waals surface area contributed by atoms with Gasteiger partial charge in [-0.05, 0) is 47.0 Å². The Kier molecular flexibility index (Phi) is 4.76. The summed E-state index contributed by atoms with van der Waals surface area (Å²) in [6.45, 7) is 0. The van der Waals surface area contributed by atoms with Gasteiger partial charge in [-0.2, -0.15) is 0 Å². The number of rotatable bonds is 4. The van der Waals surface area contributed by atoms with Crippen molar-refractivity contribution in [1.29, 1.82) is 0 Å². The summed E-state index contributed by atoms with van der Waals surface area (Å²) in [4.78, 5) is -0.171. The molecule has 7 heteroatoms. The van der Waals surface area contributed by atoms with Crippen molar-refractivity contribution in [3.8, 4) is 28.0 Å². The van der Waals surface area contributed by atoms with Gasteiger partial charge in [-0.1, -0.05) is 30.3 Å². The molecular weight excluding hydrogens is 360 g/mol. The summed E-state index contributed by atoms with van der Waals surface area (Å²) in [7, 11) is -2.57. The fourth-order valence-corrected chi connectivity index (χ4v) is 3.49. The van der Waals surface area contributed by atoms with Gasteiger partial charge in [0.05, 0.1) is 12.0 Å². The Morgan fingerprint density at radius 2 is 1.50 bits per heavy atom.